The molecule has 1 heterocycles. The number of nitrogens with zero attached hydrogens (tertiary/aromatic N) is 2. The van der Waals surface area contributed by atoms with Gasteiger partial charge in [-0.1, -0.05) is 20.8 Å². The van der Waals surface area contributed by atoms with E-state index < -0.39 is 5.91 Å². The van der Waals surface area contributed by atoms with E-state index in [1.54, 1.807) is 12.1 Å². The van der Waals surface area contributed by atoms with Crippen molar-refractivity contribution in [1.29, 1.82) is 0 Å². The van der Waals surface area contributed by atoms with E-state index in [2.05, 4.69) is 52.6 Å². The third-order valence-corrected chi connectivity index (χ3v) is 5.62. The third kappa shape index (κ3) is 4.64. The Balaban J connectivity index is 2.15. The van der Waals surface area contributed by atoms with Crippen LogP contribution in [0.3, 0.4) is 0 Å². The van der Waals surface area contributed by atoms with Gasteiger partial charge in [0.15, 0.2) is 17.2 Å². The second kappa shape index (κ2) is 8.22. The number of H-pyrrole nitrogens is 1. The van der Waals surface area contributed by atoms with Gasteiger partial charge in [-0.2, -0.15) is 10.2 Å². The molecule has 0 radical (unpaired) electrons. The number of phenolic OH excluding ortho intramolecular Hbond substituents is 1. The van der Waals surface area contributed by atoms with E-state index in [1.165, 1.54) is 6.21 Å². The lowest BCUT2D eigenvalue weighted by Gasteiger charge is -2.14. The molecule has 0 fully saturated rings. The molecule has 9 heteroatoms. The van der Waals surface area contributed by atoms with E-state index >= 15 is 0 Å². The lowest BCUT2D eigenvalue weighted by Crippen LogP contribution is -2.18. The lowest BCUT2D eigenvalue weighted by atomic mass is 9.92. The topological polar surface area (TPSA) is 99.6 Å². The van der Waals surface area contributed by atoms with Crippen molar-refractivity contribution in [2.45, 2.75) is 33.1 Å². The van der Waals surface area contributed by atoms with Crippen LogP contribution in [0.5, 0.6) is 11.5 Å². The molecule has 0 aliphatic rings. The summed E-state index contributed by atoms with van der Waals surface area (Å²) < 4.78 is 6.41. The summed E-state index contributed by atoms with van der Waals surface area (Å²) in [6.45, 7) is 8.30. The maximum atomic E-state index is 12.2. The highest BCUT2D eigenvalue weighted by Crippen LogP contribution is 2.41. The van der Waals surface area contributed by atoms with Crippen molar-refractivity contribution >= 4 is 44.0 Å². The summed E-state index contributed by atoms with van der Waals surface area (Å²) in [5.74, 6) is -0.115. The van der Waals surface area contributed by atoms with Gasteiger partial charge in [0.2, 0.25) is 0 Å². The molecule has 0 aliphatic heterocycles. The smallest absolute Gasteiger partial charge is 0.291 e. The van der Waals surface area contributed by atoms with Gasteiger partial charge in [-0.25, -0.2) is 5.43 Å². The Morgan fingerprint density at radius 2 is 2.08 bits per heavy atom. The Kier molecular flexibility index (Phi) is 6.46. The van der Waals surface area contributed by atoms with Crippen LogP contribution in [-0.2, 0) is 5.41 Å². The van der Waals surface area contributed by atoms with Crippen molar-refractivity contribution in [3.63, 3.8) is 0 Å². The predicted molar refractivity (Wildman–Crippen MR) is 107 cm³/mol. The fourth-order valence-corrected chi connectivity index (χ4v) is 2.84. The van der Waals surface area contributed by atoms with Gasteiger partial charge in [-0.3, -0.25) is 9.89 Å². The van der Waals surface area contributed by atoms with Gasteiger partial charge in [-0.15, -0.1) is 0 Å². The van der Waals surface area contributed by atoms with E-state index in [0.29, 0.717) is 26.9 Å². The van der Waals surface area contributed by atoms with Crippen LogP contribution in [0.25, 0.3) is 0 Å². The molecule has 2 rings (SSSR count). The van der Waals surface area contributed by atoms with Crippen molar-refractivity contribution in [3.8, 4) is 11.5 Å². The molecule has 3 N–H and O–H groups in total. The summed E-state index contributed by atoms with van der Waals surface area (Å²) in [6.07, 6.45) is 1.45. The summed E-state index contributed by atoms with van der Waals surface area (Å²) >= 11 is 6.66. The predicted octanol–water partition coefficient (Wildman–Crippen LogP) is 4.10. The maximum Gasteiger partial charge on any atom is 0.291 e. The highest BCUT2D eigenvalue weighted by Gasteiger charge is 2.19. The number of aromatic amines is 1. The Morgan fingerprint density at radius 3 is 2.65 bits per heavy atom. The Labute approximate surface area is 168 Å². The minimum atomic E-state index is -0.424. The number of aromatic hydroxyl groups is 1. The van der Waals surface area contributed by atoms with Gasteiger partial charge in [0.25, 0.3) is 5.91 Å². The number of aromatic nitrogens is 2. The number of ether oxygens (including phenoxy) is 1. The quantitative estimate of drug-likeness (QED) is 0.436. The number of phenols is 1. The maximum absolute atomic E-state index is 12.2. The average molecular weight is 488 g/mol. The minimum Gasteiger partial charge on any atom is -0.503 e. The summed E-state index contributed by atoms with van der Waals surface area (Å²) in [5, 5.41) is 20.9. The van der Waals surface area contributed by atoms with Crippen LogP contribution in [0.2, 0.25) is 0 Å². The Bertz CT molecular complexity index is 841. The molecule has 0 saturated heterocycles. The van der Waals surface area contributed by atoms with Crippen LogP contribution in [0.4, 0.5) is 0 Å². The average Bonchev–Trinajstić information content (AvgIpc) is 3.07. The molecular formula is C17H20Br2N4O3. The summed E-state index contributed by atoms with van der Waals surface area (Å²) in [4.78, 5) is 12.2. The minimum absolute atomic E-state index is 0.00820. The molecule has 7 nitrogen and oxygen atoms in total. The molecule has 0 saturated carbocycles. The summed E-state index contributed by atoms with van der Waals surface area (Å²) in [5.41, 5.74) is 4.04. The second-order valence-electron chi connectivity index (χ2n) is 6.49. The number of rotatable bonds is 5. The fourth-order valence-electron chi connectivity index (χ4n) is 2.01. The van der Waals surface area contributed by atoms with E-state index in [-0.39, 0.29) is 16.9 Å². The Hall–Kier alpha value is -1.87. The molecule has 1 aromatic carbocycles. The van der Waals surface area contributed by atoms with Gasteiger partial charge in [0.1, 0.15) is 0 Å². The van der Waals surface area contributed by atoms with Crippen molar-refractivity contribution in [2.24, 2.45) is 5.10 Å². The molecule has 1 aromatic heterocycles. The molecular weight excluding hydrogens is 468 g/mol. The first kappa shape index (κ1) is 20.4. The van der Waals surface area contributed by atoms with Crippen LogP contribution >= 0.6 is 31.9 Å². The van der Waals surface area contributed by atoms with Crippen LogP contribution in [0.1, 0.15) is 49.4 Å². The highest BCUT2D eigenvalue weighted by atomic mass is 79.9. The standard InChI is InChI=1S/C17H20Br2N4O3/c1-5-26-11-6-9(13(18)14(19)15(11)24)8-20-23-16(25)10-7-12(22-21-10)17(2,3)4/h6-8,24H,5H2,1-4H3,(H,21,22)(H,23,25)/b20-8-. The first-order valence-electron chi connectivity index (χ1n) is 7.88. The van der Waals surface area contributed by atoms with Crippen LogP contribution < -0.4 is 10.2 Å². The normalized spacial score (nSPS) is 11.8. The zero-order chi connectivity index (χ0) is 19.5. The fraction of sp³-hybridized carbons (Fsp3) is 0.353. The lowest BCUT2D eigenvalue weighted by molar-refractivity contribution is 0.0950. The van der Waals surface area contributed by atoms with Crippen LogP contribution in [0, 0.1) is 0 Å². The molecule has 0 aliphatic carbocycles. The van der Waals surface area contributed by atoms with Gasteiger partial charge in [0.05, 0.1) is 17.3 Å². The number of halogens is 2. The monoisotopic (exact) mass is 486 g/mol. The van der Waals surface area contributed by atoms with Gasteiger partial charge in [0, 0.05) is 21.1 Å². The number of hydrogen-bond acceptors (Lipinski definition) is 5. The van der Waals surface area contributed by atoms with Crippen LogP contribution in [-0.4, -0.2) is 34.0 Å². The van der Waals surface area contributed by atoms with Gasteiger partial charge >= 0.3 is 0 Å². The van der Waals surface area contributed by atoms with E-state index in [9.17, 15) is 9.90 Å². The second-order valence-corrected chi connectivity index (χ2v) is 8.08. The number of amides is 1. The van der Waals surface area contributed by atoms with Gasteiger partial charge < -0.3 is 9.84 Å². The van der Waals surface area contributed by atoms with Crippen LogP contribution in [0.15, 0.2) is 26.2 Å². The first-order chi connectivity index (χ1) is 12.1. The number of carbonyl (C=O) groups excluding carboxylic acids is 1. The highest BCUT2D eigenvalue weighted by molar-refractivity contribution is 9.13. The molecule has 1 amide bonds. The zero-order valence-electron chi connectivity index (χ0n) is 14.9. The number of carbonyl (C=O) groups is 1. The first-order valence-corrected chi connectivity index (χ1v) is 9.46. The third-order valence-electron chi connectivity index (χ3n) is 3.46. The molecule has 140 valence electrons. The number of nitrogens with one attached hydrogen (secondary N) is 2. The van der Waals surface area contributed by atoms with Crippen molar-refractivity contribution < 1.29 is 14.6 Å². The number of hydrazone groups is 1. The van der Waals surface area contributed by atoms with Crippen molar-refractivity contribution in [1.82, 2.24) is 15.6 Å². The Morgan fingerprint density at radius 1 is 1.38 bits per heavy atom. The molecule has 26 heavy (non-hydrogen) atoms. The molecule has 0 atom stereocenters. The SMILES string of the molecule is CCOc1cc(/C=N\NC(=O)c2cc(C(C)(C)C)[nH]n2)c(Br)c(Br)c1O. The van der Waals surface area contributed by atoms with E-state index in [4.69, 9.17) is 4.74 Å². The number of hydrogen-bond donors (Lipinski definition) is 3. The largest absolute Gasteiger partial charge is 0.503 e. The molecule has 0 spiro atoms. The summed E-state index contributed by atoms with van der Waals surface area (Å²) in [7, 11) is 0. The van der Waals surface area contributed by atoms with Crippen molar-refractivity contribution in [3.05, 3.63) is 38.0 Å². The van der Waals surface area contributed by atoms with E-state index in [1.807, 2.05) is 27.7 Å². The van der Waals surface area contributed by atoms with Crippen molar-refractivity contribution in [2.75, 3.05) is 6.61 Å². The molecule has 0 bridgehead atoms. The molecule has 2 aromatic rings. The summed E-state index contributed by atoms with van der Waals surface area (Å²) in [6, 6.07) is 3.32. The van der Waals surface area contributed by atoms with Gasteiger partial charge in [-0.05, 0) is 50.9 Å². The van der Waals surface area contributed by atoms with E-state index in [0.717, 1.165) is 5.69 Å². The number of benzene rings is 1. The zero-order valence-corrected chi connectivity index (χ0v) is 18.0. The molecule has 0 unspecified atom stereocenters.